The maximum atomic E-state index is 13.2. The van der Waals surface area contributed by atoms with Crippen LogP contribution < -0.4 is 0 Å². The van der Waals surface area contributed by atoms with Gasteiger partial charge >= 0.3 is 0 Å². The molecular formula is C21H19ClFN5O3. The Balaban J connectivity index is 1.28. The second-order valence-electron chi connectivity index (χ2n) is 7.04. The Hall–Kier alpha value is -3.33. The van der Waals surface area contributed by atoms with Crippen LogP contribution in [0, 0.1) is 5.82 Å². The van der Waals surface area contributed by atoms with Crippen LogP contribution in [0.4, 0.5) is 4.39 Å². The number of benzene rings is 1. The summed E-state index contributed by atoms with van der Waals surface area (Å²) in [4.78, 5) is 36.7. The maximum absolute atomic E-state index is 13.2. The molecule has 0 aliphatic carbocycles. The molecule has 0 radical (unpaired) electrons. The van der Waals surface area contributed by atoms with Crippen molar-refractivity contribution in [3.63, 3.8) is 0 Å². The molecule has 0 saturated carbocycles. The van der Waals surface area contributed by atoms with Crippen LogP contribution >= 0.6 is 11.6 Å². The zero-order valence-electron chi connectivity index (χ0n) is 16.5. The van der Waals surface area contributed by atoms with E-state index in [4.69, 9.17) is 16.1 Å². The molecule has 0 atom stereocenters. The van der Waals surface area contributed by atoms with Gasteiger partial charge in [0, 0.05) is 57.0 Å². The first-order valence-electron chi connectivity index (χ1n) is 9.76. The van der Waals surface area contributed by atoms with Crippen LogP contribution in [-0.2, 0) is 11.2 Å². The Bertz CT molecular complexity index is 1080. The molecular weight excluding hydrogens is 425 g/mol. The van der Waals surface area contributed by atoms with Gasteiger partial charge in [-0.3, -0.25) is 14.6 Å². The molecule has 1 aliphatic heterocycles. The average Bonchev–Trinajstić information content (AvgIpc) is 3.27. The zero-order chi connectivity index (χ0) is 21.8. The molecule has 0 N–H and O–H groups in total. The zero-order valence-corrected chi connectivity index (χ0v) is 17.3. The second-order valence-corrected chi connectivity index (χ2v) is 7.45. The third-order valence-corrected chi connectivity index (χ3v) is 5.35. The summed E-state index contributed by atoms with van der Waals surface area (Å²) in [6.07, 6.45) is 3.85. The Morgan fingerprint density at radius 3 is 2.48 bits per heavy atom. The Morgan fingerprint density at radius 2 is 1.77 bits per heavy atom. The molecule has 10 heteroatoms. The van der Waals surface area contributed by atoms with Crippen LogP contribution in [-0.4, -0.2) is 62.9 Å². The van der Waals surface area contributed by atoms with E-state index in [-0.39, 0.29) is 28.8 Å². The summed E-state index contributed by atoms with van der Waals surface area (Å²) in [6, 6.07) is 7.25. The lowest BCUT2D eigenvalue weighted by molar-refractivity contribution is -0.132. The van der Waals surface area contributed by atoms with Gasteiger partial charge in [0.1, 0.15) is 5.82 Å². The van der Waals surface area contributed by atoms with E-state index >= 15 is 0 Å². The third-order valence-electron chi connectivity index (χ3n) is 5.04. The van der Waals surface area contributed by atoms with E-state index in [1.165, 1.54) is 12.1 Å². The van der Waals surface area contributed by atoms with Crippen LogP contribution in [0.1, 0.15) is 22.7 Å². The Labute approximate surface area is 182 Å². The maximum Gasteiger partial charge on any atom is 0.255 e. The van der Waals surface area contributed by atoms with Crippen molar-refractivity contribution >= 4 is 23.4 Å². The second kappa shape index (κ2) is 9.22. The van der Waals surface area contributed by atoms with E-state index in [0.29, 0.717) is 44.3 Å². The fourth-order valence-corrected chi connectivity index (χ4v) is 3.59. The fraction of sp³-hybridized carbons (Fsp3) is 0.286. The summed E-state index contributed by atoms with van der Waals surface area (Å²) in [7, 11) is 0. The minimum atomic E-state index is -0.494. The Kier molecular flexibility index (Phi) is 6.22. The fourth-order valence-electron chi connectivity index (χ4n) is 3.34. The minimum Gasteiger partial charge on any atom is -0.339 e. The van der Waals surface area contributed by atoms with Crippen molar-refractivity contribution in [2.75, 3.05) is 26.2 Å². The lowest BCUT2D eigenvalue weighted by Crippen LogP contribution is -2.50. The number of aryl methyl sites for hydroxylation is 1. The van der Waals surface area contributed by atoms with Crippen molar-refractivity contribution in [1.29, 1.82) is 0 Å². The predicted octanol–water partition coefficient (Wildman–Crippen LogP) is 2.84. The van der Waals surface area contributed by atoms with Gasteiger partial charge in [-0.05, 0) is 30.3 Å². The highest BCUT2D eigenvalue weighted by Crippen LogP contribution is 2.20. The number of carbonyl (C=O) groups is 2. The smallest absolute Gasteiger partial charge is 0.255 e. The number of halogens is 2. The van der Waals surface area contributed by atoms with Crippen LogP contribution in [0.15, 0.2) is 47.2 Å². The molecule has 4 rings (SSSR count). The summed E-state index contributed by atoms with van der Waals surface area (Å²) < 4.78 is 18.4. The molecule has 2 aromatic heterocycles. The first kappa shape index (κ1) is 20.9. The van der Waals surface area contributed by atoms with Gasteiger partial charge in [0.05, 0.1) is 10.6 Å². The molecule has 8 nitrogen and oxygen atoms in total. The van der Waals surface area contributed by atoms with Gasteiger partial charge in [0.15, 0.2) is 0 Å². The minimum absolute atomic E-state index is 0.0458. The van der Waals surface area contributed by atoms with E-state index < -0.39 is 5.82 Å². The quantitative estimate of drug-likeness (QED) is 0.602. The molecule has 2 amide bonds. The van der Waals surface area contributed by atoms with Crippen molar-refractivity contribution in [3.8, 4) is 11.4 Å². The van der Waals surface area contributed by atoms with E-state index in [1.807, 2.05) is 0 Å². The first-order valence-corrected chi connectivity index (χ1v) is 10.1. The highest BCUT2D eigenvalue weighted by molar-refractivity contribution is 6.33. The predicted molar refractivity (Wildman–Crippen MR) is 110 cm³/mol. The van der Waals surface area contributed by atoms with Crippen LogP contribution in [0.2, 0.25) is 5.02 Å². The van der Waals surface area contributed by atoms with E-state index in [0.717, 1.165) is 11.6 Å². The van der Waals surface area contributed by atoms with Crippen molar-refractivity contribution < 1.29 is 18.5 Å². The van der Waals surface area contributed by atoms with Gasteiger partial charge in [0.2, 0.25) is 17.6 Å². The molecule has 160 valence electrons. The summed E-state index contributed by atoms with van der Waals surface area (Å²) in [5.74, 6) is 0.0321. The summed E-state index contributed by atoms with van der Waals surface area (Å²) in [6.45, 7) is 1.58. The number of carbonyl (C=O) groups excluding carboxylic acids is 2. The molecule has 1 saturated heterocycles. The van der Waals surface area contributed by atoms with E-state index in [9.17, 15) is 14.0 Å². The van der Waals surface area contributed by atoms with Crippen LogP contribution in [0.3, 0.4) is 0 Å². The number of amides is 2. The van der Waals surface area contributed by atoms with Gasteiger partial charge in [-0.15, -0.1) is 0 Å². The van der Waals surface area contributed by atoms with E-state index in [2.05, 4.69) is 15.1 Å². The largest absolute Gasteiger partial charge is 0.339 e. The number of hydrogen-bond donors (Lipinski definition) is 0. The molecule has 1 fully saturated rings. The molecule has 1 aliphatic rings. The van der Waals surface area contributed by atoms with Gasteiger partial charge in [-0.25, -0.2) is 4.39 Å². The van der Waals surface area contributed by atoms with Crippen molar-refractivity contribution in [2.24, 2.45) is 0 Å². The topological polar surface area (TPSA) is 92.4 Å². The monoisotopic (exact) mass is 443 g/mol. The lowest BCUT2D eigenvalue weighted by Gasteiger charge is -2.35. The van der Waals surface area contributed by atoms with Crippen molar-refractivity contribution in [2.45, 2.75) is 12.8 Å². The molecule has 1 aromatic carbocycles. The molecule has 3 heterocycles. The number of hydrogen-bond acceptors (Lipinski definition) is 6. The summed E-state index contributed by atoms with van der Waals surface area (Å²) in [5.41, 5.74) is 1.04. The Morgan fingerprint density at radius 1 is 1.06 bits per heavy atom. The molecule has 0 spiro atoms. The average molecular weight is 444 g/mol. The van der Waals surface area contributed by atoms with Gasteiger partial charge < -0.3 is 14.3 Å². The van der Waals surface area contributed by atoms with Crippen molar-refractivity contribution in [1.82, 2.24) is 24.9 Å². The number of rotatable bonds is 5. The third kappa shape index (κ3) is 4.88. The summed E-state index contributed by atoms with van der Waals surface area (Å²) in [5, 5.41) is 4.01. The molecule has 31 heavy (non-hydrogen) atoms. The number of piperazine rings is 1. The van der Waals surface area contributed by atoms with Crippen LogP contribution in [0.5, 0.6) is 0 Å². The normalized spacial score (nSPS) is 14.0. The number of aromatic nitrogens is 3. The van der Waals surface area contributed by atoms with Gasteiger partial charge in [-0.2, -0.15) is 4.98 Å². The summed E-state index contributed by atoms with van der Waals surface area (Å²) >= 11 is 5.99. The number of nitrogens with zero attached hydrogens (tertiary/aromatic N) is 5. The number of pyridine rings is 1. The van der Waals surface area contributed by atoms with Gasteiger partial charge in [-0.1, -0.05) is 16.8 Å². The van der Waals surface area contributed by atoms with Crippen LogP contribution in [0.25, 0.3) is 11.4 Å². The lowest BCUT2D eigenvalue weighted by atomic mass is 10.1. The molecule has 0 bridgehead atoms. The SMILES string of the molecule is O=C(CCc1nc(-c2ccncc2)no1)N1CCN(C(=O)c2ccc(F)cc2Cl)CC1. The highest BCUT2D eigenvalue weighted by atomic mass is 35.5. The first-order chi connectivity index (χ1) is 15.0. The standard InChI is InChI=1S/C21H19ClFN5O3/c22-17-13-15(23)1-2-16(17)21(30)28-11-9-27(10-12-28)19(29)4-3-18-25-20(26-31-18)14-5-7-24-8-6-14/h1-2,5-8,13H,3-4,9-12H2. The molecule has 0 unspecified atom stereocenters. The highest BCUT2D eigenvalue weighted by Gasteiger charge is 2.26. The molecule has 3 aromatic rings. The van der Waals surface area contributed by atoms with E-state index in [1.54, 1.807) is 34.3 Å². The van der Waals surface area contributed by atoms with Gasteiger partial charge in [0.25, 0.3) is 5.91 Å². The van der Waals surface area contributed by atoms with Crippen molar-refractivity contribution in [3.05, 3.63) is 65.0 Å².